The Kier molecular flexibility index (Phi) is 13.1. The summed E-state index contributed by atoms with van der Waals surface area (Å²) in [5.74, 6) is 0. The van der Waals surface area contributed by atoms with Gasteiger partial charge < -0.3 is 21.3 Å². The molecule has 0 saturated carbocycles. The molecule has 0 aliphatic carbocycles. The number of nitrogens with two attached hydrogens (primary N) is 2. The molecule has 11 nitrogen and oxygen atoms in total. The SMILES string of the molecule is N#CCN(CC#N)CCN(CCN)CCN1CCN(CCN(CC#N)CCN)C1=O. The molecule has 0 radical (unpaired) electrons. The minimum Gasteiger partial charge on any atom is -0.329 e. The highest BCUT2D eigenvalue weighted by atomic mass is 16.2. The van der Waals surface area contributed by atoms with E-state index in [4.69, 9.17) is 27.3 Å². The first-order valence-electron chi connectivity index (χ1n) is 10.3. The summed E-state index contributed by atoms with van der Waals surface area (Å²) >= 11 is 0. The van der Waals surface area contributed by atoms with E-state index in [9.17, 15) is 4.79 Å². The summed E-state index contributed by atoms with van der Waals surface area (Å²) in [6.07, 6.45) is 0. The molecule has 30 heavy (non-hydrogen) atoms. The molecule has 11 heteroatoms. The molecule has 0 unspecified atom stereocenters. The van der Waals surface area contributed by atoms with Crippen molar-refractivity contribution in [1.82, 2.24) is 24.5 Å². The van der Waals surface area contributed by atoms with E-state index >= 15 is 0 Å². The number of nitrogens with zero attached hydrogens (tertiary/aromatic N) is 8. The summed E-state index contributed by atoms with van der Waals surface area (Å²) in [6.45, 7) is 8.25. The van der Waals surface area contributed by atoms with Gasteiger partial charge in [0, 0.05) is 78.5 Å². The van der Waals surface area contributed by atoms with Crippen LogP contribution in [-0.2, 0) is 0 Å². The van der Waals surface area contributed by atoms with Gasteiger partial charge in [0.1, 0.15) is 0 Å². The fourth-order valence-electron chi connectivity index (χ4n) is 3.34. The first kappa shape index (κ1) is 25.6. The third kappa shape index (κ3) is 9.36. The number of hydrogen-bond acceptors (Lipinski definition) is 9. The van der Waals surface area contributed by atoms with Gasteiger partial charge in [-0.3, -0.25) is 14.7 Å². The number of amides is 2. The number of rotatable bonds is 16. The molecule has 1 aliphatic heterocycles. The van der Waals surface area contributed by atoms with Crippen LogP contribution in [0.5, 0.6) is 0 Å². The first-order chi connectivity index (χ1) is 14.6. The van der Waals surface area contributed by atoms with Gasteiger partial charge in [0.15, 0.2) is 0 Å². The zero-order chi connectivity index (χ0) is 22.2. The van der Waals surface area contributed by atoms with E-state index in [0.717, 1.165) is 0 Å². The Morgan fingerprint density at radius 3 is 1.63 bits per heavy atom. The van der Waals surface area contributed by atoms with Gasteiger partial charge in [-0.2, -0.15) is 15.8 Å². The second kappa shape index (κ2) is 15.4. The van der Waals surface area contributed by atoms with Crippen molar-refractivity contribution >= 4 is 6.03 Å². The average molecular weight is 419 g/mol. The minimum absolute atomic E-state index is 0.0166. The lowest BCUT2D eigenvalue weighted by Crippen LogP contribution is -2.43. The molecule has 1 rings (SSSR count). The van der Waals surface area contributed by atoms with E-state index in [0.29, 0.717) is 85.1 Å². The summed E-state index contributed by atoms with van der Waals surface area (Å²) in [4.78, 5) is 22.2. The number of carbonyl (C=O) groups excluding carboxylic acids is 1. The third-order valence-electron chi connectivity index (χ3n) is 5.06. The minimum atomic E-state index is 0.0166. The van der Waals surface area contributed by atoms with Gasteiger partial charge in [0.05, 0.1) is 37.8 Å². The molecular formula is C19H34N10O. The van der Waals surface area contributed by atoms with Crippen LogP contribution >= 0.6 is 0 Å². The van der Waals surface area contributed by atoms with E-state index in [1.54, 1.807) is 4.90 Å². The quantitative estimate of drug-likeness (QED) is 0.274. The van der Waals surface area contributed by atoms with Gasteiger partial charge in [0.2, 0.25) is 0 Å². The molecule has 0 atom stereocenters. The summed E-state index contributed by atoms with van der Waals surface area (Å²) in [5, 5.41) is 26.6. The van der Waals surface area contributed by atoms with Crippen LogP contribution in [0.15, 0.2) is 0 Å². The highest BCUT2D eigenvalue weighted by molar-refractivity contribution is 5.76. The van der Waals surface area contributed by atoms with Crippen molar-refractivity contribution in [3.05, 3.63) is 0 Å². The van der Waals surface area contributed by atoms with Crippen molar-refractivity contribution in [3.8, 4) is 18.2 Å². The summed E-state index contributed by atoms with van der Waals surface area (Å²) in [5.41, 5.74) is 11.3. The molecule has 0 spiro atoms. The van der Waals surface area contributed by atoms with E-state index in [1.165, 1.54) is 0 Å². The van der Waals surface area contributed by atoms with Crippen molar-refractivity contribution in [1.29, 1.82) is 15.8 Å². The van der Waals surface area contributed by atoms with Gasteiger partial charge in [-0.05, 0) is 0 Å². The molecule has 1 aliphatic rings. The average Bonchev–Trinajstić information content (AvgIpc) is 3.08. The predicted octanol–water partition coefficient (Wildman–Crippen LogP) is -1.88. The van der Waals surface area contributed by atoms with Crippen molar-refractivity contribution in [2.45, 2.75) is 0 Å². The van der Waals surface area contributed by atoms with Crippen molar-refractivity contribution in [2.75, 3.05) is 98.2 Å². The van der Waals surface area contributed by atoms with Crippen molar-refractivity contribution in [3.63, 3.8) is 0 Å². The molecule has 1 fully saturated rings. The largest absolute Gasteiger partial charge is 0.329 e. The second-order valence-corrected chi connectivity index (χ2v) is 7.14. The zero-order valence-corrected chi connectivity index (χ0v) is 17.7. The lowest BCUT2D eigenvalue weighted by Gasteiger charge is -2.27. The van der Waals surface area contributed by atoms with Crippen LogP contribution in [0, 0.1) is 34.0 Å². The monoisotopic (exact) mass is 418 g/mol. The fourth-order valence-corrected chi connectivity index (χ4v) is 3.34. The molecule has 1 heterocycles. The summed E-state index contributed by atoms with van der Waals surface area (Å²) < 4.78 is 0. The smallest absolute Gasteiger partial charge is 0.320 e. The molecular weight excluding hydrogens is 384 g/mol. The normalized spacial score (nSPS) is 13.9. The topological polar surface area (TPSA) is 157 Å². The Morgan fingerprint density at radius 1 is 0.700 bits per heavy atom. The molecule has 1 saturated heterocycles. The molecule has 166 valence electrons. The Balaban J connectivity index is 2.45. The van der Waals surface area contributed by atoms with Crippen LogP contribution in [0.3, 0.4) is 0 Å². The van der Waals surface area contributed by atoms with E-state index in [2.05, 4.69) is 23.1 Å². The van der Waals surface area contributed by atoms with Gasteiger partial charge in [0.25, 0.3) is 0 Å². The van der Waals surface area contributed by atoms with Crippen molar-refractivity contribution in [2.24, 2.45) is 11.5 Å². The third-order valence-corrected chi connectivity index (χ3v) is 5.06. The highest BCUT2D eigenvalue weighted by Crippen LogP contribution is 2.09. The molecule has 0 bridgehead atoms. The Hall–Kier alpha value is -2.46. The van der Waals surface area contributed by atoms with Crippen LogP contribution in [0.25, 0.3) is 0 Å². The van der Waals surface area contributed by atoms with Gasteiger partial charge >= 0.3 is 6.03 Å². The summed E-state index contributed by atoms with van der Waals surface area (Å²) in [7, 11) is 0. The second-order valence-electron chi connectivity index (χ2n) is 7.14. The van der Waals surface area contributed by atoms with Gasteiger partial charge in [-0.1, -0.05) is 0 Å². The van der Waals surface area contributed by atoms with E-state index in [1.807, 2.05) is 14.7 Å². The Bertz CT molecular complexity index is 606. The maximum Gasteiger partial charge on any atom is 0.320 e. The predicted molar refractivity (Wildman–Crippen MR) is 113 cm³/mol. The van der Waals surface area contributed by atoms with E-state index < -0.39 is 0 Å². The Labute approximate surface area is 179 Å². The fraction of sp³-hybridized carbons (Fsp3) is 0.789. The number of carbonyl (C=O) groups is 1. The van der Waals surface area contributed by atoms with E-state index in [-0.39, 0.29) is 19.1 Å². The number of nitriles is 3. The molecule has 0 aromatic carbocycles. The molecule has 0 aromatic heterocycles. The Morgan fingerprint density at radius 2 is 1.13 bits per heavy atom. The number of urea groups is 1. The maximum absolute atomic E-state index is 12.7. The van der Waals surface area contributed by atoms with Crippen LogP contribution in [-0.4, -0.2) is 129 Å². The first-order valence-corrected chi connectivity index (χ1v) is 10.3. The van der Waals surface area contributed by atoms with Crippen LogP contribution < -0.4 is 11.5 Å². The number of hydrogen-bond donors (Lipinski definition) is 2. The summed E-state index contributed by atoms with van der Waals surface area (Å²) in [6, 6.07) is 6.30. The lowest BCUT2D eigenvalue weighted by molar-refractivity contribution is 0.174. The van der Waals surface area contributed by atoms with Crippen LogP contribution in [0.1, 0.15) is 0 Å². The molecule has 0 aromatic rings. The zero-order valence-electron chi connectivity index (χ0n) is 17.7. The maximum atomic E-state index is 12.7. The molecule has 2 amide bonds. The lowest BCUT2D eigenvalue weighted by atomic mass is 10.4. The van der Waals surface area contributed by atoms with Crippen molar-refractivity contribution < 1.29 is 4.79 Å². The standard InChI is InChI=1S/C19H34N10O/c20-1-6-25(7-2-21)11-12-27(10-5-24)14-16-29-18-17-28(19(29)30)15-13-26(8-3-22)9-4-23/h3,5-18,22,24H2. The van der Waals surface area contributed by atoms with Crippen LogP contribution in [0.4, 0.5) is 4.79 Å². The van der Waals surface area contributed by atoms with Gasteiger partial charge in [-0.25, -0.2) is 4.79 Å². The van der Waals surface area contributed by atoms with Gasteiger partial charge in [-0.15, -0.1) is 0 Å². The molecule has 4 N–H and O–H groups in total. The van der Waals surface area contributed by atoms with Crippen LogP contribution in [0.2, 0.25) is 0 Å². The highest BCUT2D eigenvalue weighted by Gasteiger charge is 2.28.